The fourth-order valence-electron chi connectivity index (χ4n) is 2.31. The third-order valence-corrected chi connectivity index (χ3v) is 7.18. The molecule has 1 N–H and O–H groups in total. The van der Waals surface area contributed by atoms with Crippen LogP contribution in [0.3, 0.4) is 0 Å². The van der Waals surface area contributed by atoms with Crippen molar-refractivity contribution >= 4 is 41.9 Å². The first-order valence-corrected chi connectivity index (χ1v) is 9.50. The second-order valence-corrected chi connectivity index (χ2v) is 8.83. The molecule has 1 saturated heterocycles. The van der Waals surface area contributed by atoms with Crippen molar-refractivity contribution in [2.45, 2.75) is 30.7 Å². The molecule has 112 valence electrons. The van der Waals surface area contributed by atoms with E-state index in [2.05, 4.69) is 37.2 Å². The Kier molecular flexibility index (Phi) is 5.29. The first-order valence-electron chi connectivity index (χ1n) is 6.47. The molecular weight excluding hydrogens is 408 g/mol. The molecule has 1 atom stereocenters. The highest BCUT2D eigenvalue weighted by atomic mass is 79.9. The van der Waals surface area contributed by atoms with E-state index in [1.54, 1.807) is 13.1 Å². The van der Waals surface area contributed by atoms with Crippen molar-refractivity contribution in [2.75, 3.05) is 20.1 Å². The van der Waals surface area contributed by atoms with Gasteiger partial charge >= 0.3 is 0 Å². The number of halogens is 2. The molecule has 0 saturated carbocycles. The van der Waals surface area contributed by atoms with E-state index in [4.69, 9.17) is 0 Å². The lowest BCUT2D eigenvalue weighted by atomic mass is 10.2. The second-order valence-electron chi connectivity index (χ2n) is 5.11. The number of hydrogen-bond acceptors (Lipinski definition) is 3. The van der Waals surface area contributed by atoms with Gasteiger partial charge < -0.3 is 5.32 Å². The third-order valence-electron chi connectivity index (χ3n) is 3.54. The molecule has 7 heteroatoms. The van der Waals surface area contributed by atoms with Gasteiger partial charge in [0, 0.05) is 28.6 Å². The molecule has 0 bridgehead atoms. The second kappa shape index (κ2) is 6.44. The molecule has 4 nitrogen and oxygen atoms in total. The van der Waals surface area contributed by atoms with Crippen LogP contribution >= 0.6 is 31.9 Å². The van der Waals surface area contributed by atoms with Crippen LogP contribution in [0.25, 0.3) is 0 Å². The lowest BCUT2D eigenvalue weighted by molar-refractivity contribution is 0.417. The van der Waals surface area contributed by atoms with Gasteiger partial charge in [0.05, 0.1) is 4.90 Å². The molecule has 1 fully saturated rings. The van der Waals surface area contributed by atoms with E-state index in [0.29, 0.717) is 15.9 Å². The summed E-state index contributed by atoms with van der Waals surface area (Å²) in [7, 11) is -1.85. The Labute approximate surface area is 137 Å². The van der Waals surface area contributed by atoms with Gasteiger partial charge in [-0.1, -0.05) is 15.9 Å². The molecule has 0 aromatic heterocycles. The Morgan fingerprint density at radius 3 is 2.65 bits per heavy atom. The first kappa shape index (κ1) is 16.4. The van der Waals surface area contributed by atoms with Crippen molar-refractivity contribution in [2.24, 2.45) is 0 Å². The average Bonchev–Trinajstić information content (AvgIpc) is 2.86. The van der Waals surface area contributed by atoms with Gasteiger partial charge in [-0.2, -0.15) is 4.31 Å². The van der Waals surface area contributed by atoms with Gasteiger partial charge in [-0.15, -0.1) is 0 Å². The molecule has 0 aliphatic carbocycles. The van der Waals surface area contributed by atoms with Gasteiger partial charge in [0.2, 0.25) is 10.0 Å². The lowest BCUT2D eigenvalue weighted by Gasteiger charge is -2.22. The van der Waals surface area contributed by atoms with Crippen LogP contribution in [-0.2, 0) is 10.0 Å². The minimum atomic E-state index is -3.48. The van der Waals surface area contributed by atoms with Gasteiger partial charge in [-0.25, -0.2) is 8.42 Å². The molecule has 1 unspecified atom stereocenters. The lowest BCUT2D eigenvalue weighted by Crippen LogP contribution is -2.38. The van der Waals surface area contributed by atoms with Gasteiger partial charge in [-0.3, -0.25) is 0 Å². The van der Waals surface area contributed by atoms with Gasteiger partial charge in [0.25, 0.3) is 0 Å². The van der Waals surface area contributed by atoms with Crippen LogP contribution in [0.15, 0.2) is 26.0 Å². The molecule has 1 heterocycles. The van der Waals surface area contributed by atoms with Crippen molar-refractivity contribution in [1.82, 2.24) is 9.62 Å². The van der Waals surface area contributed by atoms with Gasteiger partial charge in [0.1, 0.15) is 0 Å². The molecule has 1 aromatic carbocycles. The topological polar surface area (TPSA) is 49.4 Å². The molecule has 2 rings (SSSR count). The van der Waals surface area contributed by atoms with Crippen LogP contribution in [0.4, 0.5) is 0 Å². The Bertz CT molecular complexity index is 599. The highest BCUT2D eigenvalue weighted by molar-refractivity contribution is 9.11. The fraction of sp³-hybridized carbons (Fsp3) is 0.538. The van der Waals surface area contributed by atoms with Crippen LogP contribution in [0, 0.1) is 6.92 Å². The molecule has 1 aromatic rings. The Balaban J connectivity index is 2.27. The molecule has 1 aliphatic heterocycles. The van der Waals surface area contributed by atoms with E-state index in [-0.39, 0.29) is 6.04 Å². The Morgan fingerprint density at radius 2 is 2.05 bits per heavy atom. The normalized spacial score (nSPS) is 19.8. The number of hydrogen-bond donors (Lipinski definition) is 1. The van der Waals surface area contributed by atoms with E-state index in [9.17, 15) is 8.42 Å². The number of nitrogens with one attached hydrogen (secondary N) is 1. The molecular formula is C13H18Br2N2O2S. The minimum absolute atomic E-state index is 0.252. The van der Waals surface area contributed by atoms with Crippen LogP contribution < -0.4 is 5.32 Å². The Morgan fingerprint density at radius 1 is 1.35 bits per heavy atom. The quantitative estimate of drug-likeness (QED) is 0.806. The van der Waals surface area contributed by atoms with Crippen LogP contribution in [0.2, 0.25) is 0 Å². The first-order chi connectivity index (χ1) is 9.32. The highest BCUT2D eigenvalue weighted by Crippen LogP contribution is 2.30. The zero-order chi connectivity index (χ0) is 14.9. The van der Waals surface area contributed by atoms with Crippen molar-refractivity contribution in [1.29, 1.82) is 0 Å². The SMILES string of the molecule is Cc1cc(Br)c(S(=O)(=O)N(C)CC2CCCN2)cc1Br. The maximum atomic E-state index is 12.7. The molecule has 0 spiro atoms. The van der Waals surface area contributed by atoms with Gasteiger partial charge in [0.15, 0.2) is 0 Å². The monoisotopic (exact) mass is 424 g/mol. The number of aryl methyl sites for hydroxylation is 1. The van der Waals surface area contributed by atoms with Crippen molar-refractivity contribution in [3.63, 3.8) is 0 Å². The standard InChI is InChI=1S/C13H18Br2N2O2S/c1-9-6-12(15)13(7-11(9)14)20(18,19)17(2)8-10-4-3-5-16-10/h6-7,10,16H,3-5,8H2,1-2H3. The summed E-state index contributed by atoms with van der Waals surface area (Å²) in [5.74, 6) is 0. The highest BCUT2D eigenvalue weighted by Gasteiger charge is 2.27. The predicted molar refractivity (Wildman–Crippen MR) is 87.4 cm³/mol. The van der Waals surface area contributed by atoms with E-state index in [1.165, 1.54) is 4.31 Å². The summed E-state index contributed by atoms with van der Waals surface area (Å²) < 4.78 is 28.1. The van der Waals surface area contributed by atoms with E-state index < -0.39 is 10.0 Å². The van der Waals surface area contributed by atoms with Gasteiger partial charge in [-0.05, 0) is 59.9 Å². The third kappa shape index (κ3) is 3.44. The predicted octanol–water partition coefficient (Wildman–Crippen LogP) is 2.89. The maximum absolute atomic E-state index is 12.7. The number of rotatable bonds is 4. The molecule has 0 radical (unpaired) electrons. The summed E-state index contributed by atoms with van der Waals surface area (Å²) in [6.45, 7) is 3.40. The maximum Gasteiger partial charge on any atom is 0.244 e. The van der Waals surface area contributed by atoms with Crippen LogP contribution in [0.1, 0.15) is 18.4 Å². The summed E-state index contributed by atoms with van der Waals surface area (Å²) in [5.41, 5.74) is 0.996. The molecule has 20 heavy (non-hydrogen) atoms. The molecule has 0 amide bonds. The van der Waals surface area contributed by atoms with Crippen molar-refractivity contribution in [3.8, 4) is 0 Å². The fourth-order valence-corrected chi connectivity index (χ4v) is 5.17. The summed E-state index contributed by atoms with van der Waals surface area (Å²) in [6, 6.07) is 3.73. The Hall–Kier alpha value is 0.0500. The van der Waals surface area contributed by atoms with Crippen LogP contribution in [0.5, 0.6) is 0 Å². The molecule has 1 aliphatic rings. The summed E-state index contributed by atoms with van der Waals surface area (Å²) >= 11 is 6.75. The van der Waals surface area contributed by atoms with Crippen LogP contribution in [-0.4, -0.2) is 38.9 Å². The largest absolute Gasteiger partial charge is 0.313 e. The summed E-state index contributed by atoms with van der Waals surface area (Å²) in [5, 5.41) is 3.32. The van der Waals surface area contributed by atoms with Crippen molar-refractivity contribution in [3.05, 3.63) is 26.6 Å². The summed E-state index contributed by atoms with van der Waals surface area (Å²) in [4.78, 5) is 0.301. The summed E-state index contributed by atoms with van der Waals surface area (Å²) in [6.07, 6.45) is 2.14. The van der Waals surface area contributed by atoms with E-state index in [0.717, 1.165) is 29.4 Å². The number of nitrogens with zero attached hydrogens (tertiary/aromatic N) is 1. The smallest absolute Gasteiger partial charge is 0.244 e. The number of likely N-dealkylation sites (N-methyl/N-ethyl adjacent to an activating group) is 1. The number of benzene rings is 1. The van der Waals surface area contributed by atoms with E-state index >= 15 is 0 Å². The zero-order valence-corrected chi connectivity index (χ0v) is 15.5. The van der Waals surface area contributed by atoms with Crippen molar-refractivity contribution < 1.29 is 8.42 Å². The average molecular weight is 426 g/mol. The minimum Gasteiger partial charge on any atom is -0.313 e. The number of sulfonamides is 1. The van der Waals surface area contributed by atoms with E-state index in [1.807, 2.05) is 13.0 Å². The zero-order valence-electron chi connectivity index (χ0n) is 11.5.